The van der Waals surface area contributed by atoms with Crippen molar-refractivity contribution in [3.63, 3.8) is 0 Å². The number of benzene rings is 2. The van der Waals surface area contributed by atoms with Gasteiger partial charge in [-0.05, 0) is 29.1 Å². The zero-order valence-electron chi connectivity index (χ0n) is 13.8. The van der Waals surface area contributed by atoms with Gasteiger partial charge in [-0.2, -0.15) is 0 Å². The number of non-ortho nitro benzene ring substituents is 1. The summed E-state index contributed by atoms with van der Waals surface area (Å²) in [6, 6.07) is 11.4. The number of ether oxygens (including phenoxy) is 2. The molecule has 1 aromatic heterocycles. The number of hydrogen-bond donors (Lipinski definition) is 0. The minimum absolute atomic E-state index is 0.00209. The quantitative estimate of drug-likeness (QED) is 0.527. The zero-order valence-corrected chi connectivity index (χ0v) is 13.8. The molecule has 0 saturated heterocycles. The molecular weight excluding hydrogens is 324 g/mol. The van der Waals surface area contributed by atoms with Crippen molar-refractivity contribution in [1.82, 2.24) is 4.57 Å². The molecular formula is C18H16N2O5. The fourth-order valence-electron chi connectivity index (χ4n) is 2.70. The molecule has 128 valence electrons. The molecule has 0 saturated carbocycles. The third-order valence-electron chi connectivity index (χ3n) is 3.96. The Labute approximate surface area is 143 Å². The van der Waals surface area contributed by atoms with Crippen LogP contribution in [0.1, 0.15) is 5.56 Å². The van der Waals surface area contributed by atoms with E-state index in [9.17, 15) is 14.9 Å². The van der Waals surface area contributed by atoms with E-state index in [0.29, 0.717) is 22.4 Å². The summed E-state index contributed by atoms with van der Waals surface area (Å²) in [6.45, 7) is 0.241. The van der Waals surface area contributed by atoms with Gasteiger partial charge in [-0.3, -0.25) is 14.9 Å². The molecule has 25 heavy (non-hydrogen) atoms. The molecule has 7 nitrogen and oxygen atoms in total. The van der Waals surface area contributed by atoms with Crippen molar-refractivity contribution in [3.05, 3.63) is 74.7 Å². The fraction of sp³-hybridized carbons (Fsp3) is 0.167. The molecule has 0 unspecified atom stereocenters. The Bertz CT molecular complexity index is 1010. The van der Waals surface area contributed by atoms with Crippen molar-refractivity contribution in [1.29, 1.82) is 0 Å². The highest BCUT2D eigenvalue weighted by Gasteiger charge is 2.11. The number of nitro groups is 1. The van der Waals surface area contributed by atoms with E-state index in [0.717, 1.165) is 5.39 Å². The lowest BCUT2D eigenvalue weighted by Gasteiger charge is -2.11. The SMILES string of the molecule is COc1cc2ccn(Cc3cccc([N+](=O)[O-])c3)c(=O)c2cc1OC. The largest absolute Gasteiger partial charge is 0.493 e. The Morgan fingerprint density at radius 3 is 2.48 bits per heavy atom. The Balaban J connectivity index is 2.06. The Morgan fingerprint density at radius 2 is 1.80 bits per heavy atom. The Morgan fingerprint density at radius 1 is 1.08 bits per heavy atom. The molecule has 0 amide bonds. The molecule has 2 aromatic carbocycles. The van der Waals surface area contributed by atoms with Gasteiger partial charge in [-0.15, -0.1) is 0 Å². The first-order valence-electron chi connectivity index (χ1n) is 7.52. The van der Waals surface area contributed by atoms with Crippen LogP contribution in [0.25, 0.3) is 10.8 Å². The predicted octanol–water partition coefficient (Wildman–Crippen LogP) is 2.98. The Hall–Kier alpha value is -3.35. The topological polar surface area (TPSA) is 83.6 Å². The van der Waals surface area contributed by atoms with Crippen LogP contribution in [0.3, 0.4) is 0 Å². The molecule has 0 N–H and O–H groups in total. The monoisotopic (exact) mass is 340 g/mol. The van der Waals surface area contributed by atoms with Crippen molar-refractivity contribution in [2.24, 2.45) is 0 Å². The van der Waals surface area contributed by atoms with E-state index < -0.39 is 4.92 Å². The smallest absolute Gasteiger partial charge is 0.269 e. The highest BCUT2D eigenvalue weighted by molar-refractivity contribution is 5.85. The average molecular weight is 340 g/mol. The summed E-state index contributed by atoms with van der Waals surface area (Å²) in [6.07, 6.45) is 1.66. The zero-order chi connectivity index (χ0) is 18.0. The third kappa shape index (κ3) is 3.16. The van der Waals surface area contributed by atoms with E-state index in [1.165, 1.54) is 30.9 Å². The average Bonchev–Trinajstić information content (AvgIpc) is 2.63. The van der Waals surface area contributed by atoms with Gasteiger partial charge < -0.3 is 14.0 Å². The van der Waals surface area contributed by atoms with Gasteiger partial charge in [0, 0.05) is 18.3 Å². The maximum atomic E-state index is 12.8. The lowest BCUT2D eigenvalue weighted by atomic mass is 10.1. The molecule has 3 aromatic rings. The van der Waals surface area contributed by atoms with Gasteiger partial charge >= 0.3 is 0 Å². The fourth-order valence-corrected chi connectivity index (χ4v) is 2.70. The first kappa shape index (κ1) is 16.5. The van der Waals surface area contributed by atoms with Crippen molar-refractivity contribution in [2.75, 3.05) is 14.2 Å². The normalized spacial score (nSPS) is 10.6. The van der Waals surface area contributed by atoms with Crippen LogP contribution in [-0.4, -0.2) is 23.7 Å². The summed E-state index contributed by atoms with van der Waals surface area (Å²) in [5.41, 5.74) is 0.471. The summed E-state index contributed by atoms with van der Waals surface area (Å²) in [4.78, 5) is 23.2. The van der Waals surface area contributed by atoms with Gasteiger partial charge in [0.2, 0.25) is 0 Å². The molecule has 7 heteroatoms. The third-order valence-corrected chi connectivity index (χ3v) is 3.96. The van der Waals surface area contributed by atoms with Crippen LogP contribution in [0.4, 0.5) is 5.69 Å². The molecule has 1 heterocycles. The molecule has 0 aliphatic carbocycles. The summed E-state index contributed by atoms with van der Waals surface area (Å²) < 4.78 is 12.0. The second kappa shape index (κ2) is 6.64. The summed E-state index contributed by atoms with van der Waals surface area (Å²) in [5, 5.41) is 12.1. The van der Waals surface area contributed by atoms with E-state index in [1.807, 2.05) is 0 Å². The summed E-state index contributed by atoms with van der Waals surface area (Å²) in [7, 11) is 3.04. The van der Waals surface area contributed by atoms with Crippen LogP contribution >= 0.6 is 0 Å². The van der Waals surface area contributed by atoms with Crippen LogP contribution in [0.2, 0.25) is 0 Å². The molecule has 0 atom stereocenters. The molecule has 0 fully saturated rings. The molecule has 0 aliphatic rings. The van der Waals surface area contributed by atoms with Crippen LogP contribution in [0.15, 0.2) is 53.5 Å². The molecule has 0 radical (unpaired) electrons. The minimum atomic E-state index is -0.455. The van der Waals surface area contributed by atoms with Crippen LogP contribution in [-0.2, 0) is 6.54 Å². The highest BCUT2D eigenvalue weighted by atomic mass is 16.6. The van der Waals surface area contributed by atoms with Gasteiger partial charge in [0.25, 0.3) is 11.2 Å². The molecule has 0 spiro atoms. The van der Waals surface area contributed by atoms with Gasteiger partial charge in [-0.1, -0.05) is 12.1 Å². The van der Waals surface area contributed by atoms with Crippen LogP contribution in [0.5, 0.6) is 11.5 Å². The number of fused-ring (bicyclic) bond motifs is 1. The summed E-state index contributed by atoms with van der Waals surface area (Å²) in [5.74, 6) is 1.02. The number of pyridine rings is 1. The first-order valence-corrected chi connectivity index (χ1v) is 7.52. The van der Waals surface area contributed by atoms with E-state index >= 15 is 0 Å². The van der Waals surface area contributed by atoms with E-state index in [4.69, 9.17) is 9.47 Å². The van der Waals surface area contributed by atoms with Crippen molar-refractivity contribution in [3.8, 4) is 11.5 Å². The maximum absolute atomic E-state index is 12.8. The molecule has 0 bridgehead atoms. The first-order chi connectivity index (χ1) is 12.0. The van der Waals surface area contributed by atoms with Crippen LogP contribution in [0, 0.1) is 10.1 Å². The van der Waals surface area contributed by atoms with Crippen molar-refractivity contribution in [2.45, 2.75) is 6.54 Å². The standard InChI is InChI=1S/C18H16N2O5/c1-24-16-9-13-6-7-19(18(21)15(13)10-17(16)25-2)11-12-4-3-5-14(8-12)20(22)23/h3-10H,11H2,1-2H3. The van der Waals surface area contributed by atoms with E-state index in [1.54, 1.807) is 36.5 Å². The molecule has 3 rings (SSSR count). The number of rotatable bonds is 5. The number of hydrogen-bond acceptors (Lipinski definition) is 5. The van der Waals surface area contributed by atoms with Crippen molar-refractivity contribution >= 4 is 16.5 Å². The number of methoxy groups -OCH3 is 2. The lowest BCUT2D eigenvalue weighted by molar-refractivity contribution is -0.384. The number of aromatic nitrogens is 1. The second-order valence-electron chi connectivity index (χ2n) is 5.47. The Kier molecular flexibility index (Phi) is 4.38. The van der Waals surface area contributed by atoms with Crippen molar-refractivity contribution < 1.29 is 14.4 Å². The van der Waals surface area contributed by atoms with E-state index in [2.05, 4.69) is 0 Å². The second-order valence-corrected chi connectivity index (χ2v) is 5.47. The minimum Gasteiger partial charge on any atom is -0.493 e. The van der Waals surface area contributed by atoms with Gasteiger partial charge in [0.15, 0.2) is 11.5 Å². The van der Waals surface area contributed by atoms with Gasteiger partial charge in [-0.25, -0.2) is 0 Å². The van der Waals surface area contributed by atoms with E-state index in [-0.39, 0.29) is 17.8 Å². The molecule has 0 aliphatic heterocycles. The number of nitro benzene ring substituents is 1. The summed E-state index contributed by atoms with van der Waals surface area (Å²) >= 11 is 0. The maximum Gasteiger partial charge on any atom is 0.269 e. The lowest BCUT2D eigenvalue weighted by Crippen LogP contribution is -2.20. The van der Waals surface area contributed by atoms with Gasteiger partial charge in [0.1, 0.15) is 0 Å². The van der Waals surface area contributed by atoms with Crippen LogP contribution < -0.4 is 15.0 Å². The van der Waals surface area contributed by atoms with Gasteiger partial charge in [0.05, 0.1) is 31.1 Å². The highest BCUT2D eigenvalue weighted by Crippen LogP contribution is 2.30. The predicted molar refractivity (Wildman–Crippen MR) is 93.5 cm³/mol. The number of nitrogens with zero attached hydrogens (tertiary/aromatic N) is 2.